The molecule has 2 N–H and O–H groups in total. The van der Waals surface area contributed by atoms with E-state index in [1.54, 1.807) is 24.3 Å². The number of rotatable bonds is 4. The van der Waals surface area contributed by atoms with Crippen molar-refractivity contribution in [2.24, 2.45) is 5.73 Å². The van der Waals surface area contributed by atoms with Crippen LogP contribution in [0.4, 0.5) is 0 Å². The van der Waals surface area contributed by atoms with Gasteiger partial charge in [-0.3, -0.25) is 0 Å². The zero-order valence-corrected chi connectivity index (χ0v) is 15.0. The second kappa shape index (κ2) is 7.21. The van der Waals surface area contributed by atoms with Crippen LogP contribution in [-0.4, -0.2) is 6.61 Å². The predicted molar refractivity (Wildman–Crippen MR) is 92.8 cm³/mol. The first-order chi connectivity index (χ1) is 9.93. The molecule has 0 amide bonds. The van der Waals surface area contributed by atoms with Gasteiger partial charge in [-0.05, 0) is 36.2 Å². The molecule has 0 radical (unpaired) electrons. The highest BCUT2D eigenvalue weighted by molar-refractivity contribution is 9.10. The molecule has 0 bridgehead atoms. The number of benzene rings is 2. The first-order valence-electron chi connectivity index (χ1n) is 6.26. The maximum atomic E-state index is 6.31. The minimum atomic E-state index is -0.419. The molecule has 112 valence electrons. The highest BCUT2D eigenvalue weighted by Crippen LogP contribution is 2.37. The van der Waals surface area contributed by atoms with E-state index < -0.39 is 6.04 Å². The summed E-state index contributed by atoms with van der Waals surface area (Å²) in [5.41, 5.74) is 7.91. The van der Waals surface area contributed by atoms with Crippen LogP contribution in [0.3, 0.4) is 0 Å². The van der Waals surface area contributed by atoms with E-state index in [1.165, 1.54) is 0 Å². The third-order valence-corrected chi connectivity index (χ3v) is 4.53. The Kier molecular flexibility index (Phi) is 5.81. The van der Waals surface area contributed by atoms with E-state index in [0.29, 0.717) is 27.4 Å². The smallest absolute Gasteiger partial charge is 0.139 e. The molecular formula is C15H13BrCl3NO. The predicted octanol–water partition coefficient (Wildman–Crippen LogP) is 5.86. The van der Waals surface area contributed by atoms with E-state index >= 15 is 0 Å². The molecule has 0 aliphatic heterocycles. The van der Waals surface area contributed by atoms with Gasteiger partial charge in [-0.2, -0.15) is 0 Å². The quantitative estimate of drug-likeness (QED) is 0.687. The molecule has 6 heteroatoms. The van der Waals surface area contributed by atoms with Gasteiger partial charge < -0.3 is 10.5 Å². The number of hydrogen-bond acceptors (Lipinski definition) is 2. The fourth-order valence-corrected chi connectivity index (χ4v) is 3.40. The van der Waals surface area contributed by atoms with Crippen molar-refractivity contribution >= 4 is 50.7 Å². The molecule has 2 aromatic rings. The lowest BCUT2D eigenvalue weighted by Crippen LogP contribution is -2.13. The highest BCUT2D eigenvalue weighted by Gasteiger charge is 2.18. The zero-order valence-electron chi connectivity index (χ0n) is 11.2. The lowest BCUT2D eigenvalue weighted by molar-refractivity contribution is 0.340. The van der Waals surface area contributed by atoms with Gasteiger partial charge in [0.15, 0.2) is 0 Å². The molecule has 0 saturated heterocycles. The highest BCUT2D eigenvalue weighted by atomic mass is 79.9. The van der Waals surface area contributed by atoms with Gasteiger partial charge >= 0.3 is 0 Å². The molecule has 0 spiro atoms. The average molecular weight is 410 g/mol. The summed E-state index contributed by atoms with van der Waals surface area (Å²) in [6.07, 6.45) is 0. The average Bonchev–Trinajstić information content (AvgIpc) is 2.42. The van der Waals surface area contributed by atoms with Gasteiger partial charge in [0.1, 0.15) is 5.75 Å². The van der Waals surface area contributed by atoms with Gasteiger partial charge in [0.25, 0.3) is 0 Å². The van der Waals surface area contributed by atoms with Gasteiger partial charge in [0.05, 0.1) is 17.7 Å². The van der Waals surface area contributed by atoms with E-state index in [2.05, 4.69) is 15.9 Å². The van der Waals surface area contributed by atoms with Crippen molar-refractivity contribution in [2.45, 2.75) is 13.0 Å². The Bertz CT molecular complexity index is 664. The summed E-state index contributed by atoms with van der Waals surface area (Å²) in [6, 6.07) is 8.44. The fourth-order valence-electron chi connectivity index (χ4n) is 1.97. The van der Waals surface area contributed by atoms with Crippen molar-refractivity contribution in [1.82, 2.24) is 0 Å². The topological polar surface area (TPSA) is 35.2 Å². The summed E-state index contributed by atoms with van der Waals surface area (Å²) >= 11 is 21.9. The fraction of sp³-hybridized carbons (Fsp3) is 0.200. The van der Waals surface area contributed by atoms with Gasteiger partial charge in [-0.25, -0.2) is 0 Å². The Morgan fingerprint density at radius 2 is 1.81 bits per heavy atom. The monoisotopic (exact) mass is 407 g/mol. The van der Waals surface area contributed by atoms with Gasteiger partial charge in [0.2, 0.25) is 0 Å². The maximum Gasteiger partial charge on any atom is 0.139 e. The Labute approximate surface area is 147 Å². The summed E-state index contributed by atoms with van der Waals surface area (Å²) in [5, 5.41) is 1.63. The third kappa shape index (κ3) is 3.85. The van der Waals surface area contributed by atoms with Crippen molar-refractivity contribution in [1.29, 1.82) is 0 Å². The Hall–Kier alpha value is -0.450. The molecule has 0 heterocycles. The number of hydrogen-bond donors (Lipinski definition) is 1. The molecule has 2 nitrogen and oxygen atoms in total. The van der Waals surface area contributed by atoms with E-state index in [-0.39, 0.29) is 0 Å². The summed E-state index contributed by atoms with van der Waals surface area (Å²) in [4.78, 5) is 0. The number of ether oxygens (including phenoxy) is 1. The van der Waals surface area contributed by atoms with Crippen molar-refractivity contribution in [2.75, 3.05) is 6.61 Å². The first kappa shape index (κ1) is 16.9. The molecule has 21 heavy (non-hydrogen) atoms. The van der Waals surface area contributed by atoms with E-state index in [1.807, 2.05) is 13.0 Å². The van der Waals surface area contributed by atoms with Crippen LogP contribution in [0.1, 0.15) is 24.1 Å². The third-order valence-electron chi connectivity index (χ3n) is 2.98. The summed E-state index contributed by atoms with van der Waals surface area (Å²) < 4.78 is 6.24. The summed E-state index contributed by atoms with van der Waals surface area (Å²) in [5.74, 6) is 0.551. The lowest BCUT2D eigenvalue weighted by Gasteiger charge is -2.18. The molecule has 0 aliphatic rings. The zero-order chi connectivity index (χ0) is 15.6. The molecule has 1 unspecified atom stereocenters. The van der Waals surface area contributed by atoms with Gasteiger partial charge in [0, 0.05) is 20.6 Å². The van der Waals surface area contributed by atoms with Gasteiger partial charge in [-0.15, -0.1) is 0 Å². The van der Waals surface area contributed by atoms with E-state index in [9.17, 15) is 0 Å². The molecule has 0 aliphatic carbocycles. The van der Waals surface area contributed by atoms with E-state index in [0.717, 1.165) is 15.6 Å². The largest absolute Gasteiger partial charge is 0.492 e. The Morgan fingerprint density at radius 3 is 2.43 bits per heavy atom. The van der Waals surface area contributed by atoms with Crippen LogP contribution < -0.4 is 10.5 Å². The summed E-state index contributed by atoms with van der Waals surface area (Å²) in [7, 11) is 0. The lowest BCUT2D eigenvalue weighted by atomic mass is 9.99. The second-order valence-corrected chi connectivity index (χ2v) is 6.49. The van der Waals surface area contributed by atoms with Crippen LogP contribution in [0.2, 0.25) is 15.1 Å². The van der Waals surface area contributed by atoms with Crippen molar-refractivity contribution in [3.8, 4) is 5.75 Å². The standard InChI is InChI=1S/C15H13BrCl3NO/c1-2-21-14-7-12(18)10(6-13(14)19)15(20)9-4-3-8(17)5-11(9)16/h3-7,15H,2,20H2,1H3. The van der Waals surface area contributed by atoms with Crippen LogP contribution in [0, 0.1) is 0 Å². The van der Waals surface area contributed by atoms with Crippen LogP contribution >= 0.6 is 50.7 Å². The van der Waals surface area contributed by atoms with E-state index in [4.69, 9.17) is 45.3 Å². The molecule has 0 fully saturated rings. The molecule has 2 aromatic carbocycles. The molecule has 1 atom stereocenters. The molecule has 0 aromatic heterocycles. The van der Waals surface area contributed by atoms with Crippen LogP contribution in [0.15, 0.2) is 34.8 Å². The summed E-state index contributed by atoms with van der Waals surface area (Å²) in [6.45, 7) is 2.40. The number of nitrogens with two attached hydrogens (primary N) is 1. The molecule has 0 saturated carbocycles. The SMILES string of the molecule is CCOc1cc(Cl)c(C(N)c2ccc(Cl)cc2Br)cc1Cl. The second-order valence-electron chi connectivity index (χ2n) is 4.38. The molecular weight excluding hydrogens is 396 g/mol. The van der Waals surface area contributed by atoms with Crippen molar-refractivity contribution in [3.63, 3.8) is 0 Å². The van der Waals surface area contributed by atoms with Crippen molar-refractivity contribution < 1.29 is 4.74 Å². The normalized spacial score (nSPS) is 12.3. The Balaban J connectivity index is 2.43. The minimum absolute atomic E-state index is 0.419. The minimum Gasteiger partial charge on any atom is -0.492 e. The maximum absolute atomic E-state index is 6.31. The van der Waals surface area contributed by atoms with Crippen molar-refractivity contribution in [3.05, 3.63) is 61.0 Å². The van der Waals surface area contributed by atoms with Crippen LogP contribution in [0.25, 0.3) is 0 Å². The van der Waals surface area contributed by atoms with Gasteiger partial charge in [-0.1, -0.05) is 56.8 Å². The molecule has 2 rings (SSSR count). The first-order valence-corrected chi connectivity index (χ1v) is 8.19. The number of halogens is 4. The Morgan fingerprint density at radius 1 is 1.10 bits per heavy atom. The van der Waals surface area contributed by atoms with Crippen LogP contribution in [0.5, 0.6) is 5.75 Å². The van der Waals surface area contributed by atoms with Crippen LogP contribution in [-0.2, 0) is 0 Å².